The van der Waals surface area contributed by atoms with Crippen LogP contribution in [0.25, 0.3) is 0 Å². The van der Waals surface area contributed by atoms with Crippen molar-refractivity contribution in [1.29, 1.82) is 0 Å². The number of primary amides is 1. The number of hydrogen-bond donors (Lipinski definition) is 2. The van der Waals surface area contributed by atoms with E-state index in [1.165, 1.54) is 6.42 Å². The Labute approximate surface area is 118 Å². The lowest BCUT2D eigenvalue weighted by Gasteiger charge is -2.30. The number of nitrogens with two attached hydrogens (primary N) is 1. The Kier molecular flexibility index (Phi) is 4.42. The quantitative estimate of drug-likeness (QED) is 0.835. The summed E-state index contributed by atoms with van der Waals surface area (Å²) in [6, 6.07) is 1.77. The Bertz CT molecular complexity index is 466. The monoisotopic (exact) mass is 278 g/mol. The molecule has 2 rings (SSSR count). The molecule has 0 spiro atoms. The van der Waals surface area contributed by atoms with E-state index in [1.54, 1.807) is 30.1 Å². The van der Waals surface area contributed by atoms with Gasteiger partial charge in [0, 0.05) is 18.3 Å². The van der Waals surface area contributed by atoms with Crippen LogP contribution in [0.2, 0.25) is 0 Å². The molecule has 0 aromatic carbocycles. The maximum absolute atomic E-state index is 12.3. The van der Waals surface area contributed by atoms with Gasteiger partial charge in [-0.25, -0.2) is 0 Å². The van der Waals surface area contributed by atoms with Gasteiger partial charge in [-0.3, -0.25) is 14.3 Å². The number of amides is 2. The van der Waals surface area contributed by atoms with E-state index >= 15 is 0 Å². The fourth-order valence-electron chi connectivity index (χ4n) is 2.64. The number of rotatable bonds is 5. The molecule has 0 bridgehead atoms. The van der Waals surface area contributed by atoms with E-state index in [0.717, 1.165) is 25.7 Å². The minimum Gasteiger partial charge on any atom is -0.368 e. The van der Waals surface area contributed by atoms with Crippen LogP contribution in [0.3, 0.4) is 0 Å². The lowest BCUT2D eigenvalue weighted by molar-refractivity contribution is -0.134. The first-order chi connectivity index (χ1) is 9.51. The van der Waals surface area contributed by atoms with E-state index in [2.05, 4.69) is 10.4 Å². The Morgan fingerprint density at radius 1 is 1.40 bits per heavy atom. The van der Waals surface area contributed by atoms with Gasteiger partial charge in [0.2, 0.25) is 11.8 Å². The predicted octanol–water partition coefficient (Wildman–Crippen LogP) is 0.824. The van der Waals surface area contributed by atoms with Crippen molar-refractivity contribution in [2.45, 2.75) is 51.1 Å². The lowest BCUT2D eigenvalue weighted by Crippen LogP contribution is -2.59. The van der Waals surface area contributed by atoms with Crippen molar-refractivity contribution in [3.05, 3.63) is 18.5 Å². The zero-order valence-corrected chi connectivity index (χ0v) is 11.8. The van der Waals surface area contributed by atoms with E-state index in [1.807, 2.05) is 0 Å². The maximum atomic E-state index is 12.3. The summed E-state index contributed by atoms with van der Waals surface area (Å²) in [4.78, 5) is 24.0. The van der Waals surface area contributed by atoms with Gasteiger partial charge in [0.25, 0.3) is 0 Å². The molecular formula is C14H22N4O2. The van der Waals surface area contributed by atoms with E-state index in [0.29, 0.717) is 0 Å². The topological polar surface area (TPSA) is 90.0 Å². The second kappa shape index (κ2) is 6.07. The molecule has 0 saturated heterocycles. The standard InChI is InChI=1S/C14H22N4O2/c1-14(13(15)20,10-18-9-5-8-16-18)17-12(19)11-6-3-2-4-7-11/h5,8-9,11H,2-4,6-7,10H2,1H3,(H2,15,20)(H,17,19). The van der Waals surface area contributed by atoms with Crippen LogP contribution in [0, 0.1) is 5.92 Å². The molecule has 1 unspecified atom stereocenters. The molecule has 1 aliphatic rings. The summed E-state index contributed by atoms with van der Waals surface area (Å²) in [6.45, 7) is 1.89. The summed E-state index contributed by atoms with van der Waals surface area (Å²) in [5, 5.41) is 6.89. The Morgan fingerprint density at radius 2 is 2.10 bits per heavy atom. The highest BCUT2D eigenvalue weighted by Crippen LogP contribution is 2.24. The third-order valence-electron chi connectivity index (χ3n) is 3.96. The van der Waals surface area contributed by atoms with Crippen LogP contribution in [0.1, 0.15) is 39.0 Å². The summed E-state index contributed by atoms with van der Waals surface area (Å²) < 4.78 is 1.60. The molecule has 110 valence electrons. The van der Waals surface area contributed by atoms with Gasteiger partial charge in [0.05, 0.1) is 6.54 Å². The molecule has 1 aliphatic carbocycles. The minimum absolute atomic E-state index is 0.0000430. The van der Waals surface area contributed by atoms with Gasteiger partial charge in [-0.15, -0.1) is 0 Å². The molecule has 0 aliphatic heterocycles. The summed E-state index contributed by atoms with van der Waals surface area (Å²) >= 11 is 0. The number of aromatic nitrogens is 2. The molecule has 1 atom stereocenters. The highest BCUT2D eigenvalue weighted by atomic mass is 16.2. The highest BCUT2D eigenvalue weighted by molar-refractivity contribution is 5.90. The van der Waals surface area contributed by atoms with Crippen molar-refractivity contribution in [2.75, 3.05) is 0 Å². The zero-order valence-electron chi connectivity index (χ0n) is 11.8. The van der Waals surface area contributed by atoms with E-state index < -0.39 is 11.4 Å². The van der Waals surface area contributed by atoms with Crippen LogP contribution in [0.4, 0.5) is 0 Å². The first kappa shape index (κ1) is 14.6. The molecule has 1 saturated carbocycles. The van der Waals surface area contributed by atoms with Crippen LogP contribution in [0.5, 0.6) is 0 Å². The third-order valence-corrected chi connectivity index (χ3v) is 3.96. The van der Waals surface area contributed by atoms with Gasteiger partial charge in [0.15, 0.2) is 0 Å². The largest absolute Gasteiger partial charge is 0.368 e. The Balaban J connectivity index is 2.04. The molecule has 20 heavy (non-hydrogen) atoms. The second-order valence-corrected chi connectivity index (χ2v) is 5.72. The van der Waals surface area contributed by atoms with Crippen molar-refractivity contribution in [1.82, 2.24) is 15.1 Å². The van der Waals surface area contributed by atoms with Gasteiger partial charge in [-0.2, -0.15) is 5.10 Å². The van der Waals surface area contributed by atoms with Gasteiger partial charge in [0.1, 0.15) is 5.54 Å². The lowest BCUT2D eigenvalue weighted by atomic mass is 9.87. The first-order valence-electron chi connectivity index (χ1n) is 7.10. The Hall–Kier alpha value is -1.85. The third kappa shape index (κ3) is 3.37. The number of carbonyl (C=O) groups is 2. The number of nitrogens with zero attached hydrogens (tertiary/aromatic N) is 2. The molecule has 0 radical (unpaired) electrons. The van der Waals surface area contributed by atoms with Crippen molar-refractivity contribution < 1.29 is 9.59 Å². The van der Waals surface area contributed by atoms with Crippen LogP contribution in [-0.2, 0) is 16.1 Å². The molecule has 1 heterocycles. The van der Waals surface area contributed by atoms with E-state index in [4.69, 9.17) is 5.73 Å². The normalized spacial score (nSPS) is 19.2. The molecule has 1 aromatic rings. The van der Waals surface area contributed by atoms with Crippen molar-refractivity contribution in [3.63, 3.8) is 0 Å². The van der Waals surface area contributed by atoms with Gasteiger partial charge < -0.3 is 11.1 Å². The zero-order chi connectivity index (χ0) is 14.6. The van der Waals surface area contributed by atoms with E-state index in [-0.39, 0.29) is 18.4 Å². The average Bonchev–Trinajstić information content (AvgIpc) is 2.92. The minimum atomic E-state index is -1.11. The number of hydrogen-bond acceptors (Lipinski definition) is 3. The van der Waals surface area contributed by atoms with Crippen LogP contribution in [-0.4, -0.2) is 27.1 Å². The Morgan fingerprint density at radius 3 is 2.65 bits per heavy atom. The second-order valence-electron chi connectivity index (χ2n) is 5.72. The average molecular weight is 278 g/mol. The number of nitrogens with one attached hydrogen (secondary N) is 1. The first-order valence-corrected chi connectivity index (χ1v) is 7.10. The number of carbonyl (C=O) groups excluding carboxylic acids is 2. The summed E-state index contributed by atoms with van der Waals surface area (Å²) in [5.41, 5.74) is 4.36. The molecule has 2 amide bonds. The van der Waals surface area contributed by atoms with Gasteiger partial charge >= 0.3 is 0 Å². The van der Waals surface area contributed by atoms with Gasteiger partial charge in [-0.1, -0.05) is 19.3 Å². The van der Waals surface area contributed by atoms with Crippen LogP contribution < -0.4 is 11.1 Å². The molecule has 3 N–H and O–H groups in total. The fourth-order valence-corrected chi connectivity index (χ4v) is 2.64. The van der Waals surface area contributed by atoms with Crippen molar-refractivity contribution >= 4 is 11.8 Å². The van der Waals surface area contributed by atoms with Gasteiger partial charge in [-0.05, 0) is 25.8 Å². The summed E-state index contributed by atoms with van der Waals surface area (Å²) in [6.07, 6.45) is 8.49. The molecule has 1 aromatic heterocycles. The van der Waals surface area contributed by atoms with E-state index in [9.17, 15) is 9.59 Å². The summed E-state index contributed by atoms with van der Waals surface area (Å²) in [5.74, 6) is -0.615. The van der Waals surface area contributed by atoms with Crippen molar-refractivity contribution in [2.24, 2.45) is 11.7 Å². The van der Waals surface area contributed by atoms with Crippen LogP contribution in [0.15, 0.2) is 18.5 Å². The molecule has 6 nitrogen and oxygen atoms in total. The molecule has 6 heteroatoms. The smallest absolute Gasteiger partial charge is 0.244 e. The maximum Gasteiger partial charge on any atom is 0.244 e. The SMILES string of the molecule is CC(Cn1cccn1)(NC(=O)C1CCCCC1)C(N)=O. The molecule has 1 fully saturated rings. The predicted molar refractivity (Wildman–Crippen MR) is 74.5 cm³/mol. The fraction of sp³-hybridized carbons (Fsp3) is 0.643. The molecular weight excluding hydrogens is 256 g/mol. The summed E-state index contributed by atoms with van der Waals surface area (Å²) in [7, 11) is 0. The van der Waals surface area contributed by atoms with Crippen molar-refractivity contribution in [3.8, 4) is 0 Å². The highest BCUT2D eigenvalue weighted by Gasteiger charge is 2.35. The van der Waals surface area contributed by atoms with Crippen LogP contribution >= 0.6 is 0 Å².